The second-order valence-electron chi connectivity index (χ2n) is 3.89. The quantitative estimate of drug-likeness (QED) is 0.781. The first-order valence-corrected chi connectivity index (χ1v) is 7.56. The summed E-state index contributed by atoms with van der Waals surface area (Å²) in [5, 5.41) is 9.20. The Bertz CT molecular complexity index is 454. The molecule has 3 N–H and O–H groups in total. The number of nitrogens with two attached hydrogens (primary N) is 1. The molecule has 17 heavy (non-hydrogen) atoms. The van der Waals surface area contributed by atoms with E-state index in [1.807, 2.05) is 0 Å². The van der Waals surface area contributed by atoms with Gasteiger partial charge in [0.2, 0.25) is 0 Å². The minimum absolute atomic E-state index is 0.0897. The van der Waals surface area contributed by atoms with Crippen molar-refractivity contribution >= 4 is 21.4 Å². The molecule has 1 aromatic heterocycles. The topological polar surface area (TPSA) is 83.6 Å². The van der Waals surface area contributed by atoms with Gasteiger partial charge in [0.05, 0.1) is 6.10 Å². The maximum Gasteiger partial charge on any atom is 0.252 e. The molecule has 0 spiro atoms. The largest absolute Gasteiger partial charge is 0.392 e. The van der Waals surface area contributed by atoms with Gasteiger partial charge in [0.1, 0.15) is 4.21 Å². The molecule has 5 nitrogen and oxygen atoms in total. The molecule has 0 bridgehead atoms. The third kappa shape index (κ3) is 3.75. The molecule has 1 unspecified atom stereocenters. The minimum atomic E-state index is -3.48. The Labute approximate surface area is 106 Å². The van der Waals surface area contributed by atoms with E-state index in [0.717, 1.165) is 9.18 Å². The Hall–Kier alpha value is -0.470. The van der Waals surface area contributed by atoms with Crippen LogP contribution >= 0.6 is 11.3 Å². The molecular formula is C10H18N2O3S2. The van der Waals surface area contributed by atoms with Gasteiger partial charge < -0.3 is 10.8 Å². The summed E-state index contributed by atoms with van der Waals surface area (Å²) in [6, 6.07) is 3.37. The van der Waals surface area contributed by atoms with Crippen LogP contribution in [0.15, 0.2) is 16.3 Å². The van der Waals surface area contributed by atoms with Gasteiger partial charge in [0, 0.05) is 18.5 Å². The monoisotopic (exact) mass is 278 g/mol. The number of hydrogen-bond donors (Lipinski definition) is 2. The summed E-state index contributed by atoms with van der Waals surface area (Å²) in [5.41, 5.74) is 5.42. The van der Waals surface area contributed by atoms with Crippen LogP contribution in [0.1, 0.15) is 11.8 Å². The van der Waals surface area contributed by atoms with Crippen LogP contribution in [0.4, 0.5) is 0 Å². The second-order valence-corrected chi connectivity index (χ2v) is 7.33. The van der Waals surface area contributed by atoms with Crippen molar-refractivity contribution in [3.8, 4) is 0 Å². The molecule has 0 aliphatic rings. The van der Waals surface area contributed by atoms with Gasteiger partial charge in [-0.2, -0.15) is 4.31 Å². The van der Waals surface area contributed by atoms with Crippen molar-refractivity contribution in [3.05, 3.63) is 17.0 Å². The molecule has 1 rings (SSSR count). The summed E-state index contributed by atoms with van der Waals surface area (Å²) in [4.78, 5) is 0.955. The van der Waals surface area contributed by atoms with E-state index in [9.17, 15) is 13.5 Å². The average molecular weight is 278 g/mol. The SMILES string of the molecule is CC(O)CN(C)S(=O)(=O)c1ccc(CCN)s1. The maximum atomic E-state index is 12.1. The molecule has 0 fully saturated rings. The van der Waals surface area contributed by atoms with Gasteiger partial charge in [-0.3, -0.25) is 0 Å². The fourth-order valence-electron chi connectivity index (χ4n) is 1.40. The number of aliphatic hydroxyl groups excluding tert-OH is 1. The van der Waals surface area contributed by atoms with Crippen molar-refractivity contribution in [3.63, 3.8) is 0 Å². The minimum Gasteiger partial charge on any atom is -0.392 e. The Balaban J connectivity index is 2.88. The highest BCUT2D eigenvalue weighted by atomic mass is 32.2. The number of nitrogens with zero attached hydrogens (tertiary/aromatic N) is 1. The van der Waals surface area contributed by atoms with Crippen LogP contribution in [0.25, 0.3) is 0 Å². The van der Waals surface area contributed by atoms with Crippen LogP contribution < -0.4 is 5.73 Å². The first-order chi connectivity index (χ1) is 7.87. The van der Waals surface area contributed by atoms with Crippen LogP contribution in [0.5, 0.6) is 0 Å². The van der Waals surface area contributed by atoms with E-state index >= 15 is 0 Å². The van der Waals surface area contributed by atoms with E-state index in [0.29, 0.717) is 17.2 Å². The van der Waals surface area contributed by atoms with Crippen molar-refractivity contribution in [1.82, 2.24) is 4.31 Å². The van der Waals surface area contributed by atoms with Crippen LogP contribution in [0.2, 0.25) is 0 Å². The lowest BCUT2D eigenvalue weighted by Gasteiger charge is -2.17. The lowest BCUT2D eigenvalue weighted by molar-refractivity contribution is 0.171. The molecule has 98 valence electrons. The molecular weight excluding hydrogens is 260 g/mol. The van der Waals surface area contributed by atoms with Gasteiger partial charge in [-0.15, -0.1) is 11.3 Å². The van der Waals surface area contributed by atoms with Crippen molar-refractivity contribution in [2.45, 2.75) is 23.7 Å². The molecule has 0 saturated carbocycles. The normalized spacial score (nSPS) is 14.2. The van der Waals surface area contributed by atoms with Crippen molar-refractivity contribution < 1.29 is 13.5 Å². The third-order valence-electron chi connectivity index (χ3n) is 2.21. The predicted molar refractivity (Wildman–Crippen MR) is 68.6 cm³/mol. The van der Waals surface area contributed by atoms with Crippen LogP contribution in [-0.2, 0) is 16.4 Å². The van der Waals surface area contributed by atoms with Gasteiger partial charge in [0.25, 0.3) is 10.0 Å². The van der Waals surface area contributed by atoms with E-state index in [4.69, 9.17) is 5.73 Å². The number of likely N-dealkylation sites (N-methyl/N-ethyl adjacent to an activating group) is 1. The Morgan fingerprint density at radius 1 is 1.53 bits per heavy atom. The number of hydrogen-bond acceptors (Lipinski definition) is 5. The number of thiophene rings is 1. The zero-order valence-electron chi connectivity index (χ0n) is 9.96. The summed E-state index contributed by atoms with van der Waals surface area (Å²) in [6.45, 7) is 2.15. The van der Waals surface area contributed by atoms with Gasteiger partial charge in [0.15, 0.2) is 0 Å². The number of sulfonamides is 1. The van der Waals surface area contributed by atoms with Gasteiger partial charge in [-0.1, -0.05) is 0 Å². The van der Waals surface area contributed by atoms with Crippen LogP contribution in [-0.4, -0.2) is 44.1 Å². The molecule has 0 radical (unpaired) electrons. The maximum absolute atomic E-state index is 12.1. The highest BCUT2D eigenvalue weighted by Gasteiger charge is 2.23. The summed E-state index contributed by atoms with van der Waals surface area (Å²) in [7, 11) is -2.02. The fraction of sp³-hybridized carbons (Fsp3) is 0.600. The van der Waals surface area contributed by atoms with Gasteiger partial charge >= 0.3 is 0 Å². The van der Waals surface area contributed by atoms with Crippen LogP contribution in [0.3, 0.4) is 0 Å². The first kappa shape index (κ1) is 14.6. The standard InChI is InChI=1S/C10H18N2O3S2/c1-8(13)7-12(2)17(14,15)10-4-3-9(16-10)5-6-11/h3-4,8,13H,5-7,11H2,1-2H3. The molecule has 7 heteroatoms. The summed E-state index contributed by atoms with van der Waals surface area (Å²) < 4.78 is 25.6. The highest BCUT2D eigenvalue weighted by Crippen LogP contribution is 2.24. The molecule has 0 aliphatic carbocycles. The average Bonchev–Trinajstić information content (AvgIpc) is 2.66. The fourth-order valence-corrected chi connectivity index (χ4v) is 4.23. The van der Waals surface area contributed by atoms with Crippen molar-refractivity contribution in [2.24, 2.45) is 5.73 Å². The Morgan fingerprint density at radius 2 is 2.18 bits per heavy atom. The van der Waals surface area contributed by atoms with E-state index in [-0.39, 0.29) is 6.54 Å². The second kappa shape index (κ2) is 5.92. The number of aliphatic hydroxyl groups is 1. The van der Waals surface area contributed by atoms with E-state index in [1.54, 1.807) is 19.1 Å². The summed E-state index contributed by atoms with van der Waals surface area (Å²) in [5.74, 6) is 0. The van der Waals surface area contributed by atoms with E-state index < -0.39 is 16.1 Å². The van der Waals surface area contributed by atoms with E-state index in [2.05, 4.69) is 0 Å². The molecule has 1 heterocycles. The molecule has 1 aromatic rings. The summed E-state index contributed by atoms with van der Waals surface area (Å²) in [6.07, 6.45) is -0.00132. The van der Waals surface area contributed by atoms with Crippen molar-refractivity contribution in [1.29, 1.82) is 0 Å². The van der Waals surface area contributed by atoms with E-state index in [1.165, 1.54) is 18.4 Å². The first-order valence-electron chi connectivity index (χ1n) is 5.31. The number of rotatable bonds is 6. The smallest absolute Gasteiger partial charge is 0.252 e. The van der Waals surface area contributed by atoms with Gasteiger partial charge in [-0.25, -0.2) is 8.42 Å². The third-order valence-corrected chi connectivity index (χ3v) is 5.65. The molecule has 0 saturated heterocycles. The zero-order valence-corrected chi connectivity index (χ0v) is 11.6. The Morgan fingerprint density at radius 3 is 2.71 bits per heavy atom. The molecule has 0 amide bonds. The Kier molecular flexibility index (Phi) is 5.08. The summed E-state index contributed by atoms with van der Waals surface area (Å²) >= 11 is 1.23. The zero-order chi connectivity index (χ0) is 13.1. The lowest BCUT2D eigenvalue weighted by Crippen LogP contribution is -2.32. The molecule has 1 atom stereocenters. The molecule has 0 aliphatic heterocycles. The van der Waals surface area contributed by atoms with Gasteiger partial charge in [-0.05, 0) is 32.0 Å². The highest BCUT2D eigenvalue weighted by molar-refractivity contribution is 7.91. The molecule has 0 aromatic carbocycles. The lowest BCUT2D eigenvalue weighted by atomic mass is 10.3. The van der Waals surface area contributed by atoms with Crippen molar-refractivity contribution in [2.75, 3.05) is 20.1 Å². The van der Waals surface area contributed by atoms with Crippen LogP contribution in [0, 0.1) is 0 Å². The predicted octanol–water partition coefficient (Wildman–Crippen LogP) is 0.251.